The Balaban J connectivity index is 1.53. The van der Waals surface area contributed by atoms with Crippen LogP contribution in [0.2, 0.25) is 0 Å². The van der Waals surface area contributed by atoms with E-state index >= 15 is 0 Å². The van der Waals surface area contributed by atoms with E-state index < -0.39 is 0 Å². The zero-order valence-corrected chi connectivity index (χ0v) is 13.5. The molecular formula is C18H18FN3O3. The summed E-state index contributed by atoms with van der Waals surface area (Å²) in [5, 5.41) is 5.45. The molecule has 2 aromatic carbocycles. The van der Waals surface area contributed by atoms with Crippen molar-refractivity contribution < 1.29 is 18.7 Å². The highest BCUT2D eigenvalue weighted by Crippen LogP contribution is 2.15. The van der Waals surface area contributed by atoms with Gasteiger partial charge in [0.1, 0.15) is 12.4 Å². The van der Waals surface area contributed by atoms with E-state index in [0.717, 1.165) is 11.1 Å². The van der Waals surface area contributed by atoms with Gasteiger partial charge in [-0.2, -0.15) is 0 Å². The van der Waals surface area contributed by atoms with Crippen LogP contribution < -0.4 is 10.6 Å². The molecule has 25 heavy (non-hydrogen) atoms. The van der Waals surface area contributed by atoms with E-state index in [4.69, 9.17) is 4.74 Å². The first-order chi connectivity index (χ1) is 12.1. The number of benzene rings is 2. The standard InChI is InChI=1S/C18H18FN3O3/c19-15-6-4-13(5-7-15)11-20-17(23)21-16-3-1-2-14(10-16)12-22-8-9-25-18(22)24/h1-7,10H,8-9,11-12H2,(H2,20,21,23). The molecular weight excluding hydrogens is 325 g/mol. The maximum atomic E-state index is 12.8. The van der Waals surface area contributed by atoms with Gasteiger partial charge in [0.25, 0.3) is 0 Å². The lowest BCUT2D eigenvalue weighted by Gasteiger charge is -2.14. The summed E-state index contributed by atoms with van der Waals surface area (Å²) >= 11 is 0. The van der Waals surface area contributed by atoms with E-state index in [0.29, 0.717) is 31.9 Å². The molecule has 1 heterocycles. The zero-order chi connectivity index (χ0) is 17.6. The second-order valence-corrected chi connectivity index (χ2v) is 5.67. The van der Waals surface area contributed by atoms with E-state index in [-0.39, 0.29) is 17.9 Å². The Morgan fingerprint density at radius 2 is 1.96 bits per heavy atom. The van der Waals surface area contributed by atoms with Gasteiger partial charge in [0.2, 0.25) is 0 Å². The molecule has 3 amide bonds. The van der Waals surface area contributed by atoms with Gasteiger partial charge in [-0.25, -0.2) is 14.0 Å². The third-order valence-electron chi connectivity index (χ3n) is 3.77. The van der Waals surface area contributed by atoms with Crippen LogP contribution in [-0.2, 0) is 17.8 Å². The number of amides is 3. The molecule has 0 unspecified atom stereocenters. The van der Waals surface area contributed by atoms with Crippen LogP contribution in [0.1, 0.15) is 11.1 Å². The maximum Gasteiger partial charge on any atom is 0.410 e. The Morgan fingerprint density at radius 1 is 1.16 bits per heavy atom. The lowest BCUT2D eigenvalue weighted by molar-refractivity contribution is 0.157. The van der Waals surface area contributed by atoms with Crippen molar-refractivity contribution in [1.29, 1.82) is 0 Å². The average Bonchev–Trinajstić information content (AvgIpc) is 2.99. The summed E-state index contributed by atoms with van der Waals surface area (Å²) in [6.45, 7) is 1.70. The molecule has 7 heteroatoms. The largest absolute Gasteiger partial charge is 0.448 e. The number of nitrogens with zero attached hydrogens (tertiary/aromatic N) is 1. The number of halogens is 1. The highest BCUT2D eigenvalue weighted by atomic mass is 19.1. The Bertz CT molecular complexity index is 764. The summed E-state index contributed by atoms with van der Waals surface area (Å²) in [7, 11) is 0. The van der Waals surface area contributed by atoms with Crippen LogP contribution in [-0.4, -0.2) is 30.2 Å². The normalized spacial score (nSPS) is 13.5. The number of nitrogens with one attached hydrogen (secondary N) is 2. The molecule has 0 bridgehead atoms. The molecule has 0 aromatic heterocycles. The second-order valence-electron chi connectivity index (χ2n) is 5.67. The molecule has 2 N–H and O–H groups in total. The van der Waals surface area contributed by atoms with Crippen LogP contribution in [0.4, 0.5) is 19.7 Å². The second kappa shape index (κ2) is 7.65. The molecule has 0 atom stereocenters. The SMILES string of the molecule is O=C(NCc1ccc(F)cc1)Nc1cccc(CN2CCOC2=O)c1. The van der Waals surface area contributed by atoms with Crippen LogP contribution in [0.15, 0.2) is 48.5 Å². The Morgan fingerprint density at radius 3 is 2.68 bits per heavy atom. The Labute approximate surface area is 144 Å². The van der Waals surface area contributed by atoms with Crippen molar-refractivity contribution in [2.45, 2.75) is 13.1 Å². The molecule has 1 aliphatic rings. The van der Waals surface area contributed by atoms with Crippen molar-refractivity contribution in [3.8, 4) is 0 Å². The highest BCUT2D eigenvalue weighted by molar-refractivity contribution is 5.89. The van der Waals surface area contributed by atoms with Gasteiger partial charge in [-0.15, -0.1) is 0 Å². The number of carbonyl (C=O) groups excluding carboxylic acids is 2. The zero-order valence-electron chi connectivity index (χ0n) is 13.5. The highest BCUT2D eigenvalue weighted by Gasteiger charge is 2.21. The minimum atomic E-state index is -0.359. The van der Waals surface area contributed by atoms with Crippen molar-refractivity contribution in [1.82, 2.24) is 10.2 Å². The van der Waals surface area contributed by atoms with Crippen molar-refractivity contribution in [3.05, 3.63) is 65.5 Å². The third kappa shape index (κ3) is 4.69. The lowest BCUT2D eigenvalue weighted by Crippen LogP contribution is -2.28. The molecule has 2 aromatic rings. The van der Waals surface area contributed by atoms with Crippen LogP contribution in [0.3, 0.4) is 0 Å². The molecule has 0 saturated carbocycles. The third-order valence-corrected chi connectivity index (χ3v) is 3.77. The van der Waals surface area contributed by atoms with E-state index in [9.17, 15) is 14.0 Å². The number of hydrogen-bond donors (Lipinski definition) is 2. The quantitative estimate of drug-likeness (QED) is 0.876. The number of hydrogen-bond acceptors (Lipinski definition) is 3. The van der Waals surface area contributed by atoms with Gasteiger partial charge in [0, 0.05) is 18.8 Å². The summed E-state index contributed by atoms with van der Waals surface area (Å²) < 4.78 is 17.7. The fourth-order valence-corrected chi connectivity index (χ4v) is 2.50. The molecule has 130 valence electrons. The Hall–Kier alpha value is -3.09. The first kappa shape index (κ1) is 16.8. The summed E-state index contributed by atoms with van der Waals surface area (Å²) in [5.74, 6) is -0.313. The van der Waals surface area contributed by atoms with E-state index in [1.165, 1.54) is 12.1 Å². The molecule has 1 fully saturated rings. The molecule has 1 aliphatic heterocycles. The van der Waals surface area contributed by atoms with Gasteiger partial charge >= 0.3 is 12.1 Å². The van der Waals surface area contributed by atoms with Gasteiger partial charge < -0.3 is 20.3 Å². The molecule has 6 nitrogen and oxygen atoms in total. The van der Waals surface area contributed by atoms with Crippen molar-refractivity contribution in [3.63, 3.8) is 0 Å². The summed E-state index contributed by atoms with van der Waals surface area (Å²) in [6.07, 6.45) is -0.324. The first-order valence-electron chi connectivity index (χ1n) is 7.90. The summed E-state index contributed by atoms with van der Waals surface area (Å²) in [5.41, 5.74) is 2.33. The number of anilines is 1. The minimum absolute atomic E-state index is 0.297. The predicted octanol–water partition coefficient (Wildman–Crippen LogP) is 3.10. The van der Waals surface area contributed by atoms with Gasteiger partial charge in [-0.05, 0) is 35.4 Å². The molecule has 0 spiro atoms. The predicted molar refractivity (Wildman–Crippen MR) is 90.5 cm³/mol. The van der Waals surface area contributed by atoms with Crippen LogP contribution in [0.5, 0.6) is 0 Å². The maximum absolute atomic E-state index is 12.8. The van der Waals surface area contributed by atoms with Gasteiger partial charge in [0.15, 0.2) is 0 Å². The number of urea groups is 1. The summed E-state index contributed by atoms with van der Waals surface area (Å²) in [4.78, 5) is 25.1. The number of rotatable bonds is 5. The lowest BCUT2D eigenvalue weighted by atomic mass is 10.2. The summed E-state index contributed by atoms with van der Waals surface area (Å²) in [6, 6.07) is 12.8. The molecule has 0 radical (unpaired) electrons. The average molecular weight is 343 g/mol. The monoisotopic (exact) mass is 343 g/mol. The first-order valence-corrected chi connectivity index (χ1v) is 7.90. The molecule has 1 saturated heterocycles. The van der Waals surface area contributed by atoms with Crippen molar-refractivity contribution in [2.75, 3.05) is 18.5 Å². The number of ether oxygens (including phenoxy) is 1. The topological polar surface area (TPSA) is 70.7 Å². The molecule has 0 aliphatic carbocycles. The van der Waals surface area contributed by atoms with Gasteiger partial charge in [-0.3, -0.25) is 0 Å². The van der Waals surface area contributed by atoms with Crippen molar-refractivity contribution >= 4 is 17.8 Å². The van der Waals surface area contributed by atoms with E-state index in [1.54, 1.807) is 23.1 Å². The number of cyclic esters (lactones) is 1. The number of carbonyl (C=O) groups is 2. The van der Waals surface area contributed by atoms with E-state index in [2.05, 4.69) is 10.6 Å². The van der Waals surface area contributed by atoms with E-state index in [1.807, 2.05) is 18.2 Å². The van der Waals surface area contributed by atoms with Crippen LogP contribution in [0.25, 0.3) is 0 Å². The molecule has 3 rings (SSSR count). The van der Waals surface area contributed by atoms with Crippen molar-refractivity contribution in [2.24, 2.45) is 0 Å². The fraction of sp³-hybridized carbons (Fsp3) is 0.222. The minimum Gasteiger partial charge on any atom is -0.448 e. The fourth-order valence-electron chi connectivity index (χ4n) is 2.50. The van der Waals surface area contributed by atoms with Gasteiger partial charge in [0.05, 0.1) is 6.54 Å². The van der Waals surface area contributed by atoms with Gasteiger partial charge in [-0.1, -0.05) is 24.3 Å². The van der Waals surface area contributed by atoms with Crippen LogP contribution in [0, 0.1) is 5.82 Å². The van der Waals surface area contributed by atoms with Crippen LogP contribution >= 0.6 is 0 Å². The smallest absolute Gasteiger partial charge is 0.410 e. The Kier molecular flexibility index (Phi) is 5.13.